The van der Waals surface area contributed by atoms with Crippen LogP contribution in [0.1, 0.15) is 176 Å². The Labute approximate surface area is 244 Å². The molecule has 39 heavy (non-hydrogen) atoms. The fraction of sp³-hybridized carbons (Fsp3) is 0.692. The summed E-state index contributed by atoms with van der Waals surface area (Å²) >= 11 is 0. The van der Waals surface area contributed by atoms with E-state index in [1.54, 1.807) is 22.3 Å². The van der Waals surface area contributed by atoms with Gasteiger partial charge in [0.25, 0.3) is 0 Å². The van der Waals surface area contributed by atoms with Crippen molar-refractivity contribution in [3.05, 3.63) is 68.8 Å². The van der Waals surface area contributed by atoms with Crippen LogP contribution in [0.25, 0.3) is 0 Å². The van der Waals surface area contributed by atoms with Crippen LogP contribution in [0.5, 0.6) is 0 Å². The quantitative estimate of drug-likeness (QED) is 0.367. The van der Waals surface area contributed by atoms with Crippen LogP contribution in [0.2, 0.25) is 0 Å². The maximum atomic E-state index is 2.45. The van der Waals surface area contributed by atoms with E-state index < -0.39 is 0 Å². The molecule has 0 N–H and O–H groups in total. The summed E-state index contributed by atoms with van der Waals surface area (Å²) in [6.45, 7) is 43.0. The van der Waals surface area contributed by atoms with E-state index in [0.29, 0.717) is 0 Å². The van der Waals surface area contributed by atoms with E-state index in [-0.39, 0.29) is 32.5 Å². The van der Waals surface area contributed by atoms with Crippen molar-refractivity contribution in [3.63, 3.8) is 0 Å². The number of hydrogen-bond acceptors (Lipinski definition) is 0. The van der Waals surface area contributed by atoms with Crippen LogP contribution >= 0.6 is 0 Å². The zero-order valence-electron chi connectivity index (χ0n) is 29.4. The van der Waals surface area contributed by atoms with E-state index in [4.69, 9.17) is 0 Å². The second kappa shape index (κ2) is 10.7. The predicted octanol–water partition coefficient (Wildman–Crippen LogP) is 11.6. The zero-order chi connectivity index (χ0) is 30.6. The standard InChI is InChI=1S/C39H64/c1-34(2,3)28-22-24-30(36(7,8)9)32(38(13,14)15)26(28)20-19-21-27-29(35(4,5)6)23-25-31(37(10,11)12)33(27)39(16,17)18/h22-25H,19-21H2,1-18H3. The average Bonchev–Trinajstić information content (AvgIpc) is 2.68. The van der Waals surface area contributed by atoms with Crippen LogP contribution < -0.4 is 0 Å². The van der Waals surface area contributed by atoms with E-state index in [2.05, 4.69) is 149 Å². The van der Waals surface area contributed by atoms with Crippen LogP contribution in [0.4, 0.5) is 0 Å². The van der Waals surface area contributed by atoms with Crippen LogP contribution in [0, 0.1) is 0 Å². The van der Waals surface area contributed by atoms with Crippen LogP contribution in [-0.2, 0) is 45.3 Å². The molecule has 0 heterocycles. The lowest BCUT2D eigenvalue weighted by Crippen LogP contribution is -2.28. The van der Waals surface area contributed by atoms with Gasteiger partial charge in [-0.3, -0.25) is 0 Å². The van der Waals surface area contributed by atoms with Gasteiger partial charge in [-0.15, -0.1) is 0 Å². The third-order valence-electron chi connectivity index (χ3n) is 8.21. The van der Waals surface area contributed by atoms with Gasteiger partial charge in [-0.25, -0.2) is 0 Å². The number of rotatable bonds is 4. The van der Waals surface area contributed by atoms with Crippen LogP contribution in [0.15, 0.2) is 24.3 Å². The van der Waals surface area contributed by atoms with Crippen molar-refractivity contribution < 1.29 is 0 Å². The largest absolute Gasteiger partial charge is 0.0579 e. The van der Waals surface area contributed by atoms with Gasteiger partial charge in [0, 0.05) is 0 Å². The first-order valence-corrected chi connectivity index (χ1v) is 15.5. The van der Waals surface area contributed by atoms with Gasteiger partial charge in [-0.2, -0.15) is 0 Å². The summed E-state index contributed by atoms with van der Waals surface area (Å²) < 4.78 is 0. The highest BCUT2D eigenvalue weighted by Gasteiger charge is 2.33. The molecule has 220 valence electrons. The summed E-state index contributed by atoms with van der Waals surface area (Å²) in [5, 5.41) is 0. The van der Waals surface area contributed by atoms with Gasteiger partial charge in [0.05, 0.1) is 0 Å². The van der Waals surface area contributed by atoms with Crippen molar-refractivity contribution >= 4 is 0 Å². The Morgan fingerprint density at radius 2 is 0.564 bits per heavy atom. The van der Waals surface area contributed by atoms with E-state index >= 15 is 0 Å². The summed E-state index contributed by atoms with van der Waals surface area (Å²) in [7, 11) is 0. The van der Waals surface area contributed by atoms with E-state index in [1.165, 1.54) is 28.7 Å². The Morgan fingerprint density at radius 3 is 0.769 bits per heavy atom. The molecule has 0 bridgehead atoms. The molecule has 2 aromatic carbocycles. The van der Waals surface area contributed by atoms with Gasteiger partial charge in [-0.1, -0.05) is 149 Å². The molecular weight excluding hydrogens is 468 g/mol. The monoisotopic (exact) mass is 533 g/mol. The SMILES string of the molecule is CC(C)(C)c1ccc(C(C)(C)C)c(C(C)(C)C)c1CCCc1c(C(C)(C)C)ccc(C(C)(C)C)c1C(C)(C)C. The summed E-state index contributed by atoms with van der Waals surface area (Å²) in [6, 6.07) is 9.78. The van der Waals surface area contributed by atoms with Gasteiger partial charge < -0.3 is 0 Å². The molecule has 0 fully saturated rings. The van der Waals surface area contributed by atoms with E-state index in [9.17, 15) is 0 Å². The minimum absolute atomic E-state index is 0.0957. The molecule has 0 heteroatoms. The Kier molecular flexibility index (Phi) is 9.22. The highest BCUT2D eigenvalue weighted by atomic mass is 14.4. The van der Waals surface area contributed by atoms with E-state index in [1.807, 2.05) is 0 Å². The van der Waals surface area contributed by atoms with Crippen LogP contribution in [0.3, 0.4) is 0 Å². The smallest absolute Gasteiger partial charge is 0.0126 e. The third-order valence-corrected chi connectivity index (χ3v) is 8.21. The molecule has 0 aromatic heterocycles. The normalized spacial score (nSPS) is 14.2. The molecule has 0 aliphatic rings. The molecule has 0 aliphatic carbocycles. The first kappa shape index (κ1) is 33.6. The minimum atomic E-state index is 0.0957. The fourth-order valence-electron chi connectivity index (χ4n) is 6.63. The minimum Gasteiger partial charge on any atom is -0.0579 e. The molecule has 0 radical (unpaired) electrons. The summed E-state index contributed by atoms with van der Waals surface area (Å²) in [5.74, 6) is 0. The molecule has 0 aliphatic heterocycles. The topological polar surface area (TPSA) is 0 Å². The van der Waals surface area contributed by atoms with Crippen molar-refractivity contribution in [3.8, 4) is 0 Å². The van der Waals surface area contributed by atoms with Gasteiger partial charge in [0.2, 0.25) is 0 Å². The maximum Gasteiger partial charge on any atom is -0.0126 e. The lowest BCUT2D eigenvalue weighted by atomic mass is 9.67. The van der Waals surface area contributed by atoms with Gasteiger partial charge in [0.1, 0.15) is 0 Å². The van der Waals surface area contributed by atoms with Gasteiger partial charge in [-0.05, 0) is 96.3 Å². The third kappa shape index (κ3) is 7.80. The summed E-state index contributed by atoms with van der Waals surface area (Å²) in [5.41, 5.74) is 13.1. The Hall–Kier alpha value is -1.56. The van der Waals surface area contributed by atoms with Crippen molar-refractivity contribution in [2.75, 3.05) is 0 Å². The highest BCUT2D eigenvalue weighted by molar-refractivity contribution is 5.52. The molecule has 0 spiro atoms. The molecule has 0 amide bonds. The predicted molar refractivity (Wildman–Crippen MR) is 177 cm³/mol. The molecule has 2 rings (SSSR count). The average molecular weight is 533 g/mol. The summed E-state index contributed by atoms with van der Waals surface area (Å²) in [4.78, 5) is 0. The molecule has 2 aromatic rings. The molecular formula is C39H64. The Bertz CT molecular complexity index is 1050. The molecule has 0 saturated heterocycles. The fourth-order valence-corrected chi connectivity index (χ4v) is 6.63. The zero-order valence-corrected chi connectivity index (χ0v) is 29.4. The Morgan fingerprint density at radius 1 is 0.333 bits per heavy atom. The van der Waals surface area contributed by atoms with Crippen molar-refractivity contribution in [2.24, 2.45) is 0 Å². The molecule has 0 atom stereocenters. The molecule has 0 unspecified atom stereocenters. The number of benzene rings is 2. The number of hydrogen-bond donors (Lipinski definition) is 0. The second-order valence-electron chi connectivity index (χ2n) is 18.4. The first-order valence-electron chi connectivity index (χ1n) is 15.5. The van der Waals surface area contributed by atoms with Gasteiger partial charge >= 0.3 is 0 Å². The highest BCUT2D eigenvalue weighted by Crippen LogP contribution is 2.43. The maximum absolute atomic E-state index is 2.45. The lowest BCUT2D eigenvalue weighted by molar-refractivity contribution is 0.506. The van der Waals surface area contributed by atoms with Crippen molar-refractivity contribution in [2.45, 2.75) is 176 Å². The Balaban J connectivity index is 2.79. The van der Waals surface area contributed by atoms with E-state index in [0.717, 1.165) is 12.8 Å². The van der Waals surface area contributed by atoms with Gasteiger partial charge in [0.15, 0.2) is 0 Å². The summed E-state index contributed by atoms with van der Waals surface area (Å²) in [6.07, 6.45) is 3.41. The van der Waals surface area contributed by atoms with Crippen LogP contribution in [-0.4, -0.2) is 0 Å². The van der Waals surface area contributed by atoms with Crippen molar-refractivity contribution in [1.82, 2.24) is 0 Å². The first-order chi connectivity index (χ1) is 17.2. The molecule has 0 nitrogen and oxygen atoms in total. The second-order valence-corrected chi connectivity index (χ2v) is 18.4. The lowest BCUT2D eigenvalue weighted by Gasteiger charge is -2.37. The molecule has 0 saturated carbocycles. The van der Waals surface area contributed by atoms with Crippen molar-refractivity contribution in [1.29, 1.82) is 0 Å².